The third-order valence-electron chi connectivity index (χ3n) is 4.64. The third-order valence-corrected chi connectivity index (χ3v) is 5.18. The Bertz CT molecular complexity index is 709. The molecule has 0 aromatic carbocycles. The molecule has 8 heteroatoms. The van der Waals surface area contributed by atoms with Gasteiger partial charge < -0.3 is 14.0 Å². The molecule has 1 aliphatic rings. The van der Waals surface area contributed by atoms with Crippen molar-refractivity contribution in [3.63, 3.8) is 0 Å². The number of carbonyl (C=O) groups is 1. The summed E-state index contributed by atoms with van der Waals surface area (Å²) in [6, 6.07) is 0. The summed E-state index contributed by atoms with van der Waals surface area (Å²) in [6.45, 7) is 4.25. The second kappa shape index (κ2) is 7.38. The van der Waals surface area contributed by atoms with Crippen LogP contribution in [0.2, 0.25) is 0 Å². The maximum absolute atomic E-state index is 12.2. The lowest BCUT2D eigenvalue weighted by Crippen LogP contribution is -2.40. The number of piperidine rings is 1. The Morgan fingerprint density at radius 2 is 2.25 bits per heavy atom. The maximum Gasteiger partial charge on any atom is 0.232 e. The van der Waals surface area contributed by atoms with Gasteiger partial charge in [-0.05, 0) is 26.0 Å². The molecule has 7 nitrogen and oxygen atoms in total. The topological polar surface area (TPSA) is 68.8 Å². The summed E-state index contributed by atoms with van der Waals surface area (Å²) in [4.78, 5) is 18.4. The first kappa shape index (κ1) is 17.0. The van der Waals surface area contributed by atoms with Gasteiger partial charge in [-0.25, -0.2) is 4.98 Å². The van der Waals surface area contributed by atoms with Crippen LogP contribution in [-0.2, 0) is 18.4 Å². The number of amides is 1. The van der Waals surface area contributed by atoms with Crippen molar-refractivity contribution in [1.29, 1.82) is 0 Å². The minimum absolute atomic E-state index is 0.226. The van der Waals surface area contributed by atoms with Crippen molar-refractivity contribution in [2.45, 2.75) is 32.2 Å². The molecule has 2 aromatic heterocycles. The number of hydrogen-bond donors (Lipinski definition) is 0. The molecule has 24 heavy (non-hydrogen) atoms. The molecule has 0 spiro atoms. The third kappa shape index (κ3) is 3.48. The van der Waals surface area contributed by atoms with E-state index < -0.39 is 0 Å². The van der Waals surface area contributed by atoms with E-state index >= 15 is 0 Å². The Kier molecular flexibility index (Phi) is 5.23. The second-order valence-electron chi connectivity index (χ2n) is 6.25. The highest BCUT2D eigenvalue weighted by Gasteiger charge is 2.28. The number of aryl methyl sites for hydroxylation is 1. The zero-order valence-corrected chi connectivity index (χ0v) is 15.3. The minimum Gasteiger partial charge on any atom is -0.341 e. The molecular formula is C16H24N6OS. The molecule has 0 aliphatic carbocycles. The fourth-order valence-electron chi connectivity index (χ4n) is 3.22. The average Bonchev–Trinajstić information content (AvgIpc) is 3.15. The van der Waals surface area contributed by atoms with Gasteiger partial charge in [-0.3, -0.25) is 4.79 Å². The molecule has 1 aliphatic heterocycles. The predicted octanol–water partition coefficient (Wildman–Crippen LogP) is 1.44. The standard InChI is InChI=1S/C16H24N6OS/c1-12-17-6-8-21(12)10-14-18-19-16(20(14)2)13-5-4-7-22(9-13)15(23)11-24-3/h6,8,13H,4-5,7,9-11H2,1-3H3/t13-/m0/s1. The molecule has 0 unspecified atom stereocenters. The van der Waals surface area contributed by atoms with Crippen LogP contribution < -0.4 is 0 Å². The van der Waals surface area contributed by atoms with Crippen molar-refractivity contribution in [3.8, 4) is 0 Å². The van der Waals surface area contributed by atoms with Gasteiger partial charge in [0.2, 0.25) is 5.91 Å². The average molecular weight is 348 g/mol. The Labute approximate surface area is 146 Å². The van der Waals surface area contributed by atoms with Crippen molar-refractivity contribution in [3.05, 3.63) is 29.9 Å². The quantitative estimate of drug-likeness (QED) is 0.818. The largest absolute Gasteiger partial charge is 0.341 e. The van der Waals surface area contributed by atoms with Crippen molar-refractivity contribution in [1.82, 2.24) is 29.2 Å². The lowest BCUT2D eigenvalue weighted by atomic mass is 9.97. The number of imidazole rings is 1. The fraction of sp³-hybridized carbons (Fsp3) is 0.625. The number of hydrogen-bond acceptors (Lipinski definition) is 5. The monoisotopic (exact) mass is 348 g/mol. The highest BCUT2D eigenvalue weighted by atomic mass is 32.2. The van der Waals surface area contributed by atoms with Crippen LogP contribution in [0.1, 0.15) is 36.2 Å². The molecule has 2 aromatic rings. The van der Waals surface area contributed by atoms with Gasteiger partial charge in [0.1, 0.15) is 11.6 Å². The van der Waals surface area contributed by atoms with Crippen LogP contribution in [0.25, 0.3) is 0 Å². The highest BCUT2D eigenvalue weighted by Crippen LogP contribution is 2.26. The molecule has 0 radical (unpaired) electrons. The first-order chi connectivity index (χ1) is 11.6. The smallest absolute Gasteiger partial charge is 0.232 e. The van der Waals surface area contributed by atoms with Crippen LogP contribution in [0.3, 0.4) is 0 Å². The van der Waals surface area contributed by atoms with Gasteiger partial charge in [-0.1, -0.05) is 0 Å². The summed E-state index contributed by atoms with van der Waals surface area (Å²) in [6.07, 6.45) is 7.79. The summed E-state index contributed by atoms with van der Waals surface area (Å²) >= 11 is 1.58. The van der Waals surface area contributed by atoms with Gasteiger partial charge >= 0.3 is 0 Å². The fourth-order valence-corrected chi connectivity index (χ4v) is 3.65. The molecule has 0 saturated carbocycles. The minimum atomic E-state index is 0.226. The van der Waals surface area contributed by atoms with Gasteiger partial charge in [0, 0.05) is 38.4 Å². The van der Waals surface area contributed by atoms with Crippen molar-refractivity contribution in [2.24, 2.45) is 7.05 Å². The van der Waals surface area contributed by atoms with E-state index in [4.69, 9.17) is 0 Å². The molecule has 1 atom stereocenters. The Hall–Kier alpha value is -1.83. The zero-order chi connectivity index (χ0) is 17.1. The van der Waals surface area contributed by atoms with Gasteiger partial charge in [-0.2, -0.15) is 11.8 Å². The molecular weight excluding hydrogens is 324 g/mol. The lowest BCUT2D eigenvalue weighted by molar-refractivity contribution is -0.129. The summed E-state index contributed by atoms with van der Waals surface area (Å²) in [7, 11) is 2.01. The molecule has 0 bridgehead atoms. The molecule has 1 amide bonds. The lowest BCUT2D eigenvalue weighted by Gasteiger charge is -2.32. The normalized spacial score (nSPS) is 18.1. The molecule has 0 N–H and O–H groups in total. The number of aromatic nitrogens is 5. The van der Waals surface area contributed by atoms with Gasteiger partial charge in [0.25, 0.3) is 0 Å². The molecule has 1 saturated heterocycles. The number of thioether (sulfide) groups is 1. The first-order valence-electron chi connectivity index (χ1n) is 8.22. The summed E-state index contributed by atoms with van der Waals surface area (Å²) in [5.41, 5.74) is 0. The SMILES string of the molecule is CSCC(=O)N1CCC[C@H](c2nnc(Cn3ccnc3C)n2C)C1. The first-order valence-corrected chi connectivity index (χ1v) is 9.62. The Morgan fingerprint density at radius 3 is 2.96 bits per heavy atom. The van der Waals surface area contributed by atoms with Crippen molar-refractivity contribution >= 4 is 17.7 Å². The Balaban J connectivity index is 1.73. The van der Waals surface area contributed by atoms with Gasteiger partial charge in [0.15, 0.2) is 5.82 Å². The van der Waals surface area contributed by atoms with E-state index in [2.05, 4.69) is 24.3 Å². The van der Waals surface area contributed by atoms with Crippen LogP contribution in [0.4, 0.5) is 0 Å². The van der Waals surface area contributed by atoms with E-state index in [0.29, 0.717) is 12.3 Å². The van der Waals surface area contributed by atoms with Crippen molar-refractivity contribution in [2.75, 3.05) is 25.1 Å². The maximum atomic E-state index is 12.2. The van der Waals surface area contributed by atoms with E-state index in [0.717, 1.165) is 43.4 Å². The van der Waals surface area contributed by atoms with E-state index in [1.54, 1.807) is 18.0 Å². The van der Waals surface area contributed by atoms with Crippen LogP contribution in [0.15, 0.2) is 12.4 Å². The van der Waals surface area contributed by atoms with E-state index in [1.807, 2.05) is 31.3 Å². The van der Waals surface area contributed by atoms with Gasteiger partial charge in [-0.15, -0.1) is 10.2 Å². The second-order valence-corrected chi connectivity index (χ2v) is 7.11. The van der Waals surface area contributed by atoms with Crippen LogP contribution in [-0.4, -0.2) is 60.2 Å². The summed E-state index contributed by atoms with van der Waals surface area (Å²) in [5.74, 6) is 3.90. The van der Waals surface area contributed by atoms with E-state index in [1.165, 1.54) is 0 Å². The summed E-state index contributed by atoms with van der Waals surface area (Å²) < 4.78 is 4.13. The highest BCUT2D eigenvalue weighted by molar-refractivity contribution is 7.99. The van der Waals surface area contributed by atoms with Gasteiger partial charge in [0.05, 0.1) is 12.3 Å². The number of carbonyl (C=O) groups excluding carboxylic acids is 1. The number of likely N-dealkylation sites (tertiary alicyclic amines) is 1. The number of rotatable bonds is 5. The molecule has 3 rings (SSSR count). The van der Waals surface area contributed by atoms with E-state index in [9.17, 15) is 4.79 Å². The number of nitrogens with zero attached hydrogens (tertiary/aromatic N) is 6. The summed E-state index contributed by atoms with van der Waals surface area (Å²) in [5, 5.41) is 8.80. The van der Waals surface area contributed by atoms with Crippen LogP contribution >= 0.6 is 11.8 Å². The molecule has 1 fully saturated rings. The predicted molar refractivity (Wildman–Crippen MR) is 94.0 cm³/mol. The molecule has 130 valence electrons. The van der Waals surface area contributed by atoms with E-state index in [-0.39, 0.29) is 11.8 Å². The van der Waals surface area contributed by atoms with Crippen LogP contribution in [0, 0.1) is 6.92 Å². The van der Waals surface area contributed by atoms with Crippen LogP contribution in [0.5, 0.6) is 0 Å². The zero-order valence-electron chi connectivity index (χ0n) is 14.5. The Morgan fingerprint density at radius 1 is 1.42 bits per heavy atom. The molecule has 3 heterocycles. The van der Waals surface area contributed by atoms with Crippen molar-refractivity contribution < 1.29 is 4.79 Å².